The first-order chi connectivity index (χ1) is 14.1. The smallest absolute Gasteiger partial charge is 0.253 e. The van der Waals surface area contributed by atoms with E-state index in [4.69, 9.17) is 0 Å². The van der Waals surface area contributed by atoms with Crippen LogP contribution in [0.2, 0.25) is 0 Å². The lowest BCUT2D eigenvalue weighted by molar-refractivity contribution is -0.121. The number of hydrogen-bond acceptors (Lipinski definition) is 3. The minimum atomic E-state index is -0.0465. The maximum absolute atomic E-state index is 12.7. The Morgan fingerprint density at radius 2 is 1.62 bits per heavy atom. The number of hydrogen-bond donors (Lipinski definition) is 1. The van der Waals surface area contributed by atoms with Crippen molar-refractivity contribution in [3.8, 4) is 0 Å². The molecule has 0 aliphatic carbocycles. The molecule has 2 aromatic rings. The Morgan fingerprint density at radius 1 is 0.931 bits per heavy atom. The second-order valence-electron chi connectivity index (χ2n) is 8.17. The largest absolute Gasteiger partial charge is 0.372 e. The summed E-state index contributed by atoms with van der Waals surface area (Å²) in [6.07, 6.45) is 3.91. The molecular formula is C24H29N3O2. The van der Waals surface area contributed by atoms with Crippen LogP contribution in [0.15, 0.2) is 48.5 Å². The molecule has 2 fully saturated rings. The lowest BCUT2D eigenvalue weighted by atomic mass is 9.95. The van der Waals surface area contributed by atoms with E-state index in [-0.39, 0.29) is 17.7 Å². The maximum Gasteiger partial charge on any atom is 0.253 e. The zero-order valence-corrected chi connectivity index (χ0v) is 17.1. The van der Waals surface area contributed by atoms with Crippen LogP contribution in [0.3, 0.4) is 0 Å². The minimum absolute atomic E-state index is 0.0465. The highest BCUT2D eigenvalue weighted by molar-refractivity contribution is 5.95. The number of benzene rings is 2. The van der Waals surface area contributed by atoms with Crippen LogP contribution in [0.4, 0.5) is 11.4 Å². The number of nitrogens with one attached hydrogen (secondary N) is 1. The summed E-state index contributed by atoms with van der Waals surface area (Å²) >= 11 is 0. The molecule has 0 radical (unpaired) electrons. The van der Waals surface area contributed by atoms with Crippen LogP contribution in [0.1, 0.15) is 41.6 Å². The van der Waals surface area contributed by atoms with Crippen molar-refractivity contribution < 1.29 is 9.59 Å². The van der Waals surface area contributed by atoms with Gasteiger partial charge in [-0.25, -0.2) is 0 Å². The predicted molar refractivity (Wildman–Crippen MR) is 116 cm³/mol. The second-order valence-corrected chi connectivity index (χ2v) is 8.17. The zero-order chi connectivity index (χ0) is 20.2. The minimum Gasteiger partial charge on any atom is -0.372 e. The molecule has 2 aliphatic heterocycles. The average molecular weight is 392 g/mol. The van der Waals surface area contributed by atoms with E-state index in [0.717, 1.165) is 29.9 Å². The fourth-order valence-corrected chi connectivity index (χ4v) is 4.28. The maximum atomic E-state index is 12.7. The first-order valence-electron chi connectivity index (χ1n) is 10.6. The van der Waals surface area contributed by atoms with Crippen molar-refractivity contribution in [2.45, 2.75) is 32.6 Å². The molecule has 2 heterocycles. The number of carbonyl (C=O) groups excluding carboxylic acids is 2. The number of likely N-dealkylation sites (tertiary alicyclic amines) is 1. The third-order valence-electron chi connectivity index (χ3n) is 6.02. The number of nitrogens with zero attached hydrogens (tertiary/aromatic N) is 2. The van der Waals surface area contributed by atoms with Crippen LogP contribution < -0.4 is 10.2 Å². The van der Waals surface area contributed by atoms with Crippen molar-refractivity contribution in [1.29, 1.82) is 0 Å². The van der Waals surface area contributed by atoms with E-state index in [9.17, 15) is 9.59 Å². The van der Waals surface area contributed by atoms with Crippen molar-refractivity contribution in [1.82, 2.24) is 4.90 Å². The van der Waals surface area contributed by atoms with Crippen molar-refractivity contribution in [2.75, 3.05) is 36.4 Å². The van der Waals surface area contributed by atoms with Gasteiger partial charge in [0.05, 0.1) is 0 Å². The predicted octanol–water partition coefficient (Wildman–Crippen LogP) is 4.09. The zero-order valence-electron chi connectivity index (χ0n) is 17.1. The van der Waals surface area contributed by atoms with Crippen LogP contribution in [-0.2, 0) is 4.79 Å². The second kappa shape index (κ2) is 8.68. The van der Waals surface area contributed by atoms with Crippen molar-refractivity contribution in [3.05, 3.63) is 59.7 Å². The van der Waals surface area contributed by atoms with E-state index >= 15 is 0 Å². The molecule has 1 N–H and O–H groups in total. The number of anilines is 2. The first kappa shape index (κ1) is 19.5. The van der Waals surface area contributed by atoms with Crippen LogP contribution >= 0.6 is 0 Å². The topological polar surface area (TPSA) is 52.7 Å². The first-order valence-corrected chi connectivity index (χ1v) is 10.6. The SMILES string of the molecule is Cc1cccc(C(=O)N2CCC(C(=O)Nc3ccc(N4CCCC4)cc3)CC2)c1. The molecule has 2 amide bonds. The third-order valence-corrected chi connectivity index (χ3v) is 6.02. The summed E-state index contributed by atoms with van der Waals surface area (Å²) in [6.45, 7) is 5.47. The van der Waals surface area contributed by atoms with Crippen molar-refractivity contribution in [3.63, 3.8) is 0 Å². The molecule has 2 saturated heterocycles. The summed E-state index contributed by atoms with van der Waals surface area (Å²) in [5, 5.41) is 3.05. The standard InChI is InChI=1S/C24H29N3O2/c1-18-5-4-6-20(17-18)24(29)27-15-11-19(12-16-27)23(28)25-21-7-9-22(10-8-21)26-13-2-3-14-26/h4-10,17,19H,2-3,11-16H2,1H3,(H,25,28). The van der Waals surface area contributed by atoms with E-state index in [0.29, 0.717) is 25.9 Å². The molecule has 4 rings (SSSR count). The van der Waals surface area contributed by atoms with Crippen molar-refractivity contribution >= 4 is 23.2 Å². The highest BCUT2D eigenvalue weighted by atomic mass is 16.2. The van der Waals surface area contributed by atoms with Gasteiger partial charge in [0.1, 0.15) is 0 Å². The van der Waals surface area contributed by atoms with Crippen molar-refractivity contribution in [2.24, 2.45) is 5.92 Å². The van der Waals surface area contributed by atoms with E-state index in [1.807, 2.05) is 48.2 Å². The Labute approximate surface area is 172 Å². The van der Waals surface area contributed by atoms with Gasteiger partial charge in [0.15, 0.2) is 0 Å². The lowest BCUT2D eigenvalue weighted by Crippen LogP contribution is -2.41. The van der Waals surface area contributed by atoms with Gasteiger partial charge >= 0.3 is 0 Å². The number of carbonyl (C=O) groups is 2. The summed E-state index contributed by atoms with van der Waals surface area (Å²) in [5.41, 5.74) is 3.88. The van der Waals surface area contributed by atoms with Gasteiger partial charge in [-0.05, 0) is 69.0 Å². The molecule has 2 aromatic carbocycles. The summed E-state index contributed by atoms with van der Waals surface area (Å²) in [6, 6.07) is 15.8. The fraction of sp³-hybridized carbons (Fsp3) is 0.417. The Balaban J connectivity index is 1.29. The van der Waals surface area contributed by atoms with Crippen LogP contribution in [0.5, 0.6) is 0 Å². The molecule has 5 nitrogen and oxygen atoms in total. The van der Waals surface area contributed by atoms with Gasteiger partial charge in [-0.1, -0.05) is 17.7 Å². The molecule has 0 spiro atoms. The lowest BCUT2D eigenvalue weighted by Gasteiger charge is -2.31. The Morgan fingerprint density at radius 3 is 2.28 bits per heavy atom. The summed E-state index contributed by atoms with van der Waals surface area (Å²) in [4.78, 5) is 29.6. The highest BCUT2D eigenvalue weighted by Crippen LogP contribution is 2.24. The van der Waals surface area contributed by atoms with E-state index < -0.39 is 0 Å². The van der Waals surface area contributed by atoms with Gasteiger partial charge in [0, 0.05) is 49.0 Å². The number of rotatable bonds is 4. The van der Waals surface area contributed by atoms with Crippen LogP contribution in [0.25, 0.3) is 0 Å². The molecule has 5 heteroatoms. The normalized spacial score (nSPS) is 17.4. The molecule has 0 saturated carbocycles. The number of piperidine rings is 1. The van der Waals surface area contributed by atoms with Gasteiger partial charge < -0.3 is 15.1 Å². The molecule has 29 heavy (non-hydrogen) atoms. The Hall–Kier alpha value is -2.82. The van der Waals surface area contributed by atoms with Gasteiger partial charge in [-0.15, -0.1) is 0 Å². The molecule has 0 bridgehead atoms. The van der Waals surface area contributed by atoms with Gasteiger partial charge in [0.25, 0.3) is 5.91 Å². The monoisotopic (exact) mass is 391 g/mol. The number of aryl methyl sites for hydroxylation is 1. The number of amides is 2. The van der Waals surface area contributed by atoms with E-state index in [1.165, 1.54) is 18.5 Å². The quantitative estimate of drug-likeness (QED) is 0.854. The van der Waals surface area contributed by atoms with Crippen LogP contribution in [-0.4, -0.2) is 42.9 Å². The molecule has 152 valence electrons. The van der Waals surface area contributed by atoms with Gasteiger partial charge in [0.2, 0.25) is 5.91 Å². The Bertz CT molecular complexity index is 864. The molecule has 2 aliphatic rings. The molecular weight excluding hydrogens is 362 g/mol. The van der Waals surface area contributed by atoms with Crippen LogP contribution in [0, 0.1) is 12.8 Å². The Kier molecular flexibility index (Phi) is 5.84. The summed E-state index contributed by atoms with van der Waals surface area (Å²) < 4.78 is 0. The fourth-order valence-electron chi connectivity index (χ4n) is 4.28. The molecule has 0 atom stereocenters. The summed E-state index contributed by atoms with van der Waals surface area (Å²) in [7, 11) is 0. The van der Waals surface area contributed by atoms with Gasteiger partial charge in [-0.3, -0.25) is 9.59 Å². The van der Waals surface area contributed by atoms with E-state index in [2.05, 4.69) is 22.3 Å². The molecule has 0 unspecified atom stereocenters. The average Bonchev–Trinajstić information content (AvgIpc) is 3.29. The third kappa shape index (κ3) is 4.61. The molecule has 0 aromatic heterocycles. The highest BCUT2D eigenvalue weighted by Gasteiger charge is 2.28. The van der Waals surface area contributed by atoms with E-state index in [1.54, 1.807) is 0 Å². The van der Waals surface area contributed by atoms with Gasteiger partial charge in [-0.2, -0.15) is 0 Å². The summed E-state index contributed by atoms with van der Waals surface area (Å²) in [5.74, 6) is 0.0708.